The molecular weight excluding hydrogens is 305 g/mol. The number of furan rings is 1. The zero-order valence-electron chi connectivity index (χ0n) is 10.7. The fourth-order valence-corrected chi connectivity index (χ4v) is 1.96. The Kier molecular flexibility index (Phi) is 4.42. The van der Waals surface area contributed by atoms with Crippen LogP contribution in [0.25, 0.3) is 0 Å². The predicted octanol–water partition coefficient (Wildman–Crippen LogP) is 3.86. The smallest absolute Gasteiger partial charge is 0.291 e. The maximum atomic E-state index is 12.0. The van der Waals surface area contributed by atoms with Crippen molar-refractivity contribution in [2.75, 3.05) is 19.5 Å². The standard InChI is InChI=1S/C13H11Cl2NO4/c1-18-10-6-8(11(19-2)5-7(10)14)16-13(17)9-3-4-12(15)20-9/h3-6H,1-2H3,(H,16,17). The molecule has 5 nitrogen and oxygen atoms in total. The molecule has 0 saturated carbocycles. The molecule has 0 fully saturated rings. The molecule has 0 unspecified atom stereocenters. The summed E-state index contributed by atoms with van der Waals surface area (Å²) in [6.45, 7) is 0. The molecule has 0 aliphatic heterocycles. The third-order valence-electron chi connectivity index (χ3n) is 2.52. The van der Waals surface area contributed by atoms with E-state index in [1.54, 1.807) is 12.1 Å². The van der Waals surface area contributed by atoms with Crippen molar-refractivity contribution in [1.82, 2.24) is 0 Å². The van der Waals surface area contributed by atoms with Gasteiger partial charge in [-0.1, -0.05) is 11.6 Å². The van der Waals surface area contributed by atoms with Gasteiger partial charge in [-0.25, -0.2) is 0 Å². The molecule has 0 radical (unpaired) electrons. The fraction of sp³-hybridized carbons (Fsp3) is 0.154. The Bertz CT molecular complexity index is 639. The summed E-state index contributed by atoms with van der Waals surface area (Å²) in [6.07, 6.45) is 0. The van der Waals surface area contributed by atoms with E-state index < -0.39 is 5.91 Å². The summed E-state index contributed by atoms with van der Waals surface area (Å²) in [5, 5.41) is 3.15. The summed E-state index contributed by atoms with van der Waals surface area (Å²) in [7, 11) is 2.95. The molecule has 0 aliphatic rings. The zero-order valence-corrected chi connectivity index (χ0v) is 12.2. The number of ether oxygens (including phenoxy) is 2. The topological polar surface area (TPSA) is 60.7 Å². The average Bonchev–Trinajstić information content (AvgIpc) is 2.87. The highest BCUT2D eigenvalue weighted by atomic mass is 35.5. The van der Waals surface area contributed by atoms with Crippen LogP contribution < -0.4 is 14.8 Å². The minimum Gasteiger partial charge on any atom is -0.495 e. The van der Waals surface area contributed by atoms with Crippen molar-refractivity contribution in [3.05, 3.63) is 40.3 Å². The molecule has 2 rings (SSSR count). The van der Waals surface area contributed by atoms with Crippen molar-refractivity contribution in [1.29, 1.82) is 0 Å². The van der Waals surface area contributed by atoms with E-state index in [0.29, 0.717) is 22.2 Å². The van der Waals surface area contributed by atoms with Crippen LogP contribution in [0.3, 0.4) is 0 Å². The summed E-state index contributed by atoms with van der Waals surface area (Å²) in [6, 6.07) is 6.06. The van der Waals surface area contributed by atoms with Gasteiger partial charge in [0.1, 0.15) is 11.5 Å². The van der Waals surface area contributed by atoms with Gasteiger partial charge in [-0.3, -0.25) is 4.79 Å². The largest absolute Gasteiger partial charge is 0.495 e. The number of rotatable bonds is 4. The molecule has 2 aromatic rings. The van der Waals surface area contributed by atoms with Crippen molar-refractivity contribution in [2.24, 2.45) is 0 Å². The quantitative estimate of drug-likeness (QED) is 0.930. The Hall–Kier alpha value is -1.85. The Morgan fingerprint density at radius 3 is 2.40 bits per heavy atom. The summed E-state index contributed by atoms with van der Waals surface area (Å²) in [5.74, 6) is 0.451. The van der Waals surface area contributed by atoms with E-state index in [1.807, 2.05) is 0 Å². The van der Waals surface area contributed by atoms with Crippen molar-refractivity contribution in [2.45, 2.75) is 0 Å². The Morgan fingerprint density at radius 2 is 1.85 bits per heavy atom. The van der Waals surface area contributed by atoms with E-state index >= 15 is 0 Å². The lowest BCUT2D eigenvalue weighted by atomic mass is 10.2. The summed E-state index contributed by atoms with van der Waals surface area (Å²) >= 11 is 11.6. The maximum absolute atomic E-state index is 12.0. The highest BCUT2D eigenvalue weighted by Gasteiger charge is 2.15. The number of amides is 1. The molecule has 0 saturated heterocycles. The van der Waals surface area contributed by atoms with E-state index in [9.17, 15) is 4.79 Å². The molecule has 0 spiro atoms. The SMILES string of the molecule is COc1cc(NC(=O)c2ccc(Cl)o2)c(OC)cc1Cl. The highest BCUT2D eigenvalue weighted by Crippen LogP contribution is 2.36. The zero-order chi connectivity index (χ0) is 14.7. The number of methoxy groups -OCH3 is 2. The number of anilines is 1. The second-order valence-corrected chi connectivity index (χ2v) is 4.52. The van der Waals surface area contributed by atoms with Crippen molar-refractivity contribution >= 4 is 34.8 Å². The molecule has 1 amide bonds. The minimum absolute atomic E-state index is 0.0889. The first-order valence-corrected chi connectivity index (χ1v) is 6.29. The first-order valence-electron chi connectivity index (χ1n) is 5.53. The molecule has 0 aliphatic carbocycles. The van der Waals surface area contributed by atoms with Crippen molar-refractivity contribution < 1.29 is 18.7 Å². The van der Waals surface area contributed by atoms with E-state index in [1.165, 1.54) is 26.4 Å². The fourth-order valence-electron chi connectivity index (χ4n) is 1.58. The van der Waals surface area contributed by atoms with Gasteiger partial charge in [0, 0.05) is 12.1 Å². The Labute approximate surface area is 125 Å². The van der Waals surface area contributed by atoms with Crippen LogP contribution in [0.4, 0.5) is 5.69 Å². The van der Waals surface area contributed by atoms with Crippen LogP contribution in [0.1, 0.15) is 10.6 Å². The second-order valence-electron chi connectivity index (χ2n) is 3.74. The van der Waals surface area contributed by atoms with Crippen LogP contribution in [-0.4, -0.2) is 20.1 Å². The monoisotopic (exact) mass is 315 g/mol. The lowest BCUT2D eigenvalue weighted by Crippen LogP contribution is -2.12. The molecule has 1 aromatic carbocycles. The second kappa shape index (κ2) is 6.07. The van der Waals surface area contributed by atoms with Crippen LogP contribution in [0.5, 0.6) is 11.5 Å². The molecular formula is C13H11Cl2NO4. The average molecular weight is 316 g/mol. The van der Waals surface area contributed by atoms with Gasteiger partial charge in [-0.05, 0) is 23.7 Å². The van der Waals surface area contributed by atoms with Gasteiger partial charge in [0.25, 0.3) is 5.91 Å². The molecule has 0 bridgehead atoms. The number of hydrogen-bond acceptors (Lipinski definition) is 4. The minimum atomic E-state index is -0.459. The Morgan fingerprint density at radius 1 is 1.15 bits per heavy atom. The molecule has 106 valence electrons. The van der Waals surface area contributed by atoms with Gasteiger partial charge >= 0.3 is 0 Å². The van der Waals surface area contributed by atoms with Gasteiger partial charge in [-0.15, -0.1) is 0 Å². The molecule has 0 atom stereocenters. The first kappa shape index (κ1) is 14.6. The number of hydrogen-bond donors (Lipinski definition) is 1. The van der Waals surface area contributed by atoms with Gasteiger partial charge in [0.2, 0.25) is 0 Å². The summed E-state index contributed by atoms with van der Waals surface area (Å²) in [5.41, 5.74) is 0.409. The molecule has 20 heavy (non-hydrogen) atoms. The molecule has 1 N–H and O–H groups in total. The molecule has 1 aromatic heterocycles. The van der Waals surface area contributed by atoms with Gasteiger partial charge in [-0.2, -0.15) is 0 Å². The van der Waals surface area contributed by atoms with Crippen molar-refractivity contribution in [3.8, 4) is 11.5 Å². The van der Waals surface area contributed by atoms with Crippen LogP contribution in [0, 0.1) is 0 Å². The number of benzene rings is 1. The highest BCUT2D eigenvalue weighted by molar-refractivity contribution is 6.32. The normalized spacial score (nSPS) is 10.2. The lowest BCUT2D eigenvalue weighted by Gasteiger charge is -2.12. The summed E-state index contributed by atoms with van der Waals surface area (Å²) < 4.78 is 15.3. The number of nitrogens with one attached hydrogen (secondary N) is 1. The van der Waals surface area contributed by atoms with Gasteiger partial charge in [0.15, 0.2) is 11.0 Å². The van der Waals surface area contributed by atoms with Gasteiger partial charge < -0.3 is 19.2 Å². The van der Waals surface area contributed by atoms with Crippen LogP contribution in [0.2, 0.25) is 10.2 Å². The summed E-state index contributed by atoms with van der Waals surface area (Å²) in [4.78, 5) is 12.0. The first-order chi connectivity index (χ1) is 9.55. The lowest BCUT2D eigenvalue weighted by molar-refractivity contribution is 0.0996. The van der Waals surface area contributed by atoms with Crippen LogP contribution in [-0.2, 0) is 0 Å². The number of halogens is 2. The van der Waals surface area contributed by atoms with E-state index in [0.717, 1.165) is 0 Å². The van der Waals surface area contributed by atoms with Crippen LogP contribution in [0.15, 0.2) is 28.7 Å². The van der Waals surface area contributed by atoms with E-state index in [-0.39, 0.29) is 11.0 Å². The Balaban J connectivity index is 2.30. The third kappa shape index (κ3) is 3.00. The van der Waals surface area contributed by atoms with E-state index in [2.05, 4.69) is 5.32 Å². The van der Waals surface area contributed by atoms with E-state index in [4.69, 9.17) is 37.1 Å². The van der Waals surface area contributed by atoms with Crippen molar-refractivity contribution in [3.63, 3.8) is 0 Å². The number of carbonyl (C=O) groups is 1. The predicted molar refractivity (Wildman–Crippen MR) is 76.2 cm³/mol. The third-order valence-corrected chi connectivity index (χ3v) is 3.02. The maximum Gasteiger partial charge on any atom is 0.291 e. The molecule has 7 heteroatoms. The number of carbonyl (C=O) groups excluding carboxylic acids is 1. The van der Waals surface area contributed by atoms with Crippen LogP contribution >= 0.6 is 23.2 Å². The van der Waals surface area contributed by atoms with Gasteiger partial charge in [0.05, 0.1) is 24.9 Å². The molecule has 1 heterocycles.